The predicted octanol–water partition coefficient (Wildman–Crippen LogP) is -0.0952. The third kappa shape index (κ3) is 3.49. The van der Waals surface area contributed by atoms with Crippen molar-refractivity contribution in [3.8, 4) is 0 Å². The number of urea groups is 1. The van der Waals surface area contributed by atoms with E-state index in [0.717, 1.165) is 13.1 Å². The Balaban J connectivity index is 2.76. The van der Waals surface area contributed by atoms with E-state index in [-0.39, 0.29) is 17.9 Å². The average Bonchev–Trinajstić information content (AvgIpc) is 2.30. The molecule has 0 bridgehead atoms. The fourth-order valence-electron chi connectivity index (χ4n) is 2.06. The first-order valence-corrected chi connectivity index (χ1v) is 6.15. The fraction of sp³-hybridized carbons (Fsp3) is 0.818. The van der Waals surface area contributed by atoms with Gasteiger partial charge in [0.15, 0.2) is 5.84 Å². The number of piperidine rings is 1. The largest absolute Gasteiger partial charge is 0.409 e. The molecule has 7 nitrogen and oxygen atoms in total. The van der Waals surface area contributed by atoms with Gasteiger partial charge in [-0.3, -0.25) is 0 Å². The zero-order chi connectivity index (χ0) is 13.8. The zero-order valence-corrected chi connectivity index (χ0v) is 11.2. The van der Waals surface area contributed by atoms with Crippen LogP contribution < -0.4 is 16.4 Å². The Morgan fingerprint density at radius 3 is 2.44 bits per heavy atom. The molecule has 1 saturated heterocycles. The quantitative estimate of drug-likeness (QED) is 0.245. The maximum absolute atomic E-state index is 11.8. The van der Waals surface area contributed by atoms with Gasteiger partial charge in [0, 0.05) is 19.1 Å². The molecule has 0 aliphatic carbocycles. The van der Waals surface area contributed by atoms with Gasteiger partial charge >= 0.3 is 6.03 Å². The number of hydrogen-bond acceptors (Lipinski definition) is 4. The van der Waals surface area contributed by atoms with Crippen molar-refractivity contribution in [3.05, 3.63) is 0 Å². The maximum Gasteiger partial charge on any atom is 0.315 e. The minimum atomic E-state index is -0.750. The molecular weight excluding hydrogens is 234 g/mol. The minimum absolute atomic E-state index is 0.0422. The van der Waals surface area contributed by atoms with E-state index in [9.17, 15) is 4.79 Å². The van der Waals surface area contributed by atoms with Gasteiger partial charge in [-0.1, -0.05) is 5.16 Å². The summed E-state index contributed by atoms with van der Waals surface area (Å²) in [5, 5.41) is 17.6. The van der Waals surface area contributed by atoms with Crippen LogP contribution in [0.2, 0.25) is 0 Å². The molecule has 1 rings (SSSR count). The van der Waals surface area contributed by atoms with Crippen LogP contribution in [-0.4, -0.2) is 53.7 Å². The van der Waals surface area contributed by atoms with E-state index in [0.29, 0.717) is 12.8 Å². The summed E-state index contributed by atoms with van der Waals surface area (Å²) in [4.78, 5) is 13.9. The van der Waals surface area contributed by atoms with E-state index in [1.807, 2.05) is 20.9 Å². The Labute approximate surface area is 107 Å². The standard InChI is InChI=1S/C11H23N5O2/c1-8(2)13-10(17)14-11(9(12)15-18)4-6-16(3)7-5-11/h8,18H,4-7H2,1-3H3,(H2,12,15)(H2,13,14,17). The first-order chi connectivity index (χ1) is 8.39. The van der Waals surface area contributed by atoms with Gasteiger partial charge < -0.3 is 26.5 Å². The summed E-state index contributed by atoms with van der Waals surface area (Å²) in [5.74, 6) is 0.0644. The normalized spacial score (nSPS) is 20.8. The second-order valence-corrected chi connectivity index (χ2v) is 5.12. The number of likely N-dealkylation sites (tertiary alicyclic amines) is 1. The second kappa shape index (κ2) is 5.90. The Kier molecular flexibility index (Phi) is 4.77. The molecule has 0 saturated carbocycles. The Bertz CT molecular complexity index is 321. The molecule has 1 heterocycles. The van der Waals surface area contributed by atoms with Gasteiger partial charge in [0.1, 0.15) is 5.54 Å². The number of hydrogen-bond donors (Lipinski definition) is 4. The Morgan fingerprint density at radius 1 is 1.44 bits per heavy atom. The Morgan fingerprint density at radius 2 is 2.00 bits per heavy atom. The van der Waals surface area contributed by atoms with E-state index in [2.05, 4.69) is 20.7 Å². The summed E-state index contributed by atoms with van der Waals surface area (Å²) < 4.78 is 0. The molecule has 1 aliphatic heterocycles. The number of carbonyl (C=O) groups is 1. The minimum Gasteiger partial charge on any atom is -0.409 e. The van der Waals surface area contributed by atoms with Crippen molar-refractivity contribution < 1.29 is 10.0 Å². The molecule has 1 aliphatic rings. The molecule has 7 heteroatoms. The fourth-order valence-corrected chi connectivity index (χ4v) is 2.06. The lowest BCUT2D eigenvalue weighted by Crippen LogP contribution is -2.64. The smallest absolute Gasteiger partial charge is 0.315 e. The van der Waals surface area contributed by atoms with Crippen LogP contribution in [0.5, 0.6) is 0 Å². The van der Waals surface area contributed by atoms with Crippen LogP contribution in [0.4, 0.5) is 4.79 Å². The highest BCUT2D eigenvalue weighted by atomic mass is 16.4. The average molecular weight is 257 g/mol. The number of carbonyl (C=O) groups excluding carboxylic acids is 1. The molecule has 1 fully saturated rings. The zero-order valence-electron chi connectivity index (χ0n) is 11.2. The van der Waals surface area contributed by atoms with Gasteiger partial charge in [-0.05, 0) is 33.7 Å². The number of nitrogens with two attached hydrogens (primary N) is 1. The summed E-state index contributed by atoms with van der Waals surface area (Å²) in [6.07, 6.45) is 1.26. The van der Waals surface area contributed by atoms with Crippen LogP contribution in [0.3, 0.4) is 0 Å². The van der Waals surface area contributed by atoms with Crippen LogP contribution in [0.15, 0.2) is 5.16 Å². The van der Waals surface area contributed by atoms with E-state index < -0.39 is 5.54 Å². The van der Waals surface area contributed by atoms with Crippen molar-refractivity contribution >= 4 is 11.9 Å². The van der Waals surface area contributed by atoms with Crippen molar-refractivity contribution in [3.63, 3.8) is 0 Å². The third-order valence-electron chi connectivity index (χ3n) is 3.21. The summed E-state index contributed by atoms with van der Waals surface area (Å²) in [7, 11) is 2.00. The number of oxime groups is 1. The van der Waals surface area contributed by atoms with E-state index in [1.165, 1.54) is 0 Å². The highest BCUT2D eigenvalue weighted by Gasteiger charge is 2.39. The predicted molar refractivity (Wildman–Crippen MR) is 69.7 cm³/mol. The van der Waals surface area contributed by atoms with Crippen molar-refractivity contribution in [1.29, 1.82) is 0 Å². The first-order valence-electron chi connectivity index (χ1n) is 6.15. The van der Waals surface area contributed by atoms with E-state index in [1.54, 1.807) is 0 Å². The number of nitrogens with zero attached hydrogens (tertiary/aromatic N) is 2. The van der Waals surface area contributed by atoms with Crippen molar-refractivity contribution in [2.45, 2.75) is 38.3 Å². The van der Waals surface area contributed by atoms with Gasteiger partial charge in [-0.2, -0.15) is 0 Å². The van der Waals surface area contributed by atoms with Crippen LogP contribution in [-0.2, 0) is 0 Å². The van der Waals surface area contributed by atoms with Gasteiger partial charge in [0.05, 0.1) is 0 Å². The molecule has 0 aromatic heterocycles. The lowest BCUT2D eigenvalue weighted by Gasteiger charge is -2.40. The molecule has 5 N–H and O–H groups in total. The number of rotatable bonds is 3. The number of nitrogens with one attached hydrogen (secondary N) is 2. The van der Waals surface area contributed by atoms with Crippen LogP contribution >= 0.6 is 0 Å². The molecular formula is C11H23N5O2. The second-order valence-electron chi connectivity index (χ2n) is 5.12. The van der Waals surface area contributed by atoms with Crippen LogP contribution in [0, 0.1) is 0 Å². The van der Waals surface area contributed by atoms with Crippen LogP contribution in [0.25, 0.3) is 0 Å². The molecule has 0 aromatic rings. The highest BCUT2D eigenvalue weighted by Crippen LogP contribution is 2.21. The van der Waals surface area contributed by atoms with Gasteiger partial charge in [-0.25, -0.2) is 4.79 Å². The molecule has 0 aromatic carbocycles. The lowest BCUT2D eigenvalue weighted by molar-refractivity contribution is 0.188. The maximum atomic E-state index is 11.8. The molecule has 104 valence electrons. The lowest BCUT2D eigenvalue weighted by atomic mass is 9.86. The van der Waals surface area contributed by atoms with Gasteiger partial charge in [0.25, 0.3) is 0 Å². The molecule has 0 radical (unpaired) electrons. The van der Waals surface area contributed by atoms with Crippen molar-refractivity contribution in [1.82, 2.24) is 15.5 Å². The summed E-state index contributed by atoms with van der Waals surface area (Å²) in [5.41, 5.74) is 5.00. The SMILES string of the molecule is CC(C)NC(=O)NC1(/C(N)=N/O)CCN(C)CC1. The first kappa shape index (κ1) is 14.6. The third-order valence-corrected chi connectivity index (χ3v) is 3.21. The molecule has 0 unspecified atom stereocenters. The number of amides is 2. The van der Waals surface area contributed by atoms with E-state index in [4.69, 9.17) is 10.9 Å². The van der Waals surface area contributed by atoms with Crippen LogP contribution in [0.1, 0.15) is 26.7 Å². The molecule has 0 spiro atoms. The molecule has 18 heavy (non-hydrogen) atoms. The summed E-state index contributed by atoms with van der Waals surface area (Å²) in [6, 6.07) is -0.248. The van der Waals surface area contributed by atoms with Gasteiger partial charge in [0.2, 0.25) is 0 Å². The highest BCUT2D eigenvalue weighted by molar-refractivity contribution is 5.93. The molecule has 0 atom stereocenters. The summed E-state index contributed by atoms with van der Waals surface area (Å²) >= 11 is 0. The monoisotopic (exact) mass is 257 g/mol. The Hall–Kier alpha value is -1.50. The van der Waals surface area contributed by atoms with Crippen molar-refractivity contribution in [2.75, 3.05) is 20.1 Å². The summed E-state index contributed by atoms with van der Waals surface area (Å²) in [6.45, 7) is 5.34. The molecule has 2 amide bonds. The number of amidine groups is 1. The van der Waals surface area contributed by atoms with Crippen molar-refractivity contribution in [2.24, 2.45) is 10.9 Å². The topological polar surface area (TPSA) is 103 Å². The van der Waals surface area contributed by atoms with Gasteiger partial charge in [-0.15, -0.1) is 0 Å². The van der Waals surface area contributed by atoms with E-state index >= 15 is 0 Å².